The molecule has 0 aliphatic carbocycles. The lowest BCUT2D eigenvalue weighted by atomic mass is 10.1. The molecule has 3 N–H and O–H groups in total. The van der Waals surface area contributed by atoms with E-state index in [2.05, 4.69) is 10.3 Å². The van der Waals surface area contributed by atoms with Gasteiger partial charge < -0.3 is 25.3 Å². The maximum Gasteiger partial charge on any atom is 0.261 e. The SMILES string of the molecule is COc1cc(N)c(C(=O)Nc2ccc(OC)nc2)c(OC)c1. The molecule has 0 saturated heterocycles. The first-order valence-corrected chi connectivity index (χ1v) is 6.42. The Morgan fingerprint density at radius 1 is 1.14 bits per heavy atom. The Hall–Kier alpha value is -2.96. The maximum absolute atomic E-state index is 12.4. The Labute approximate surface area is 128 Å². The van der Waals surface area contributed by atoms with Crippen molar-refractivity contribution >= 4 is 17.3 Å². The molecule has 1 amide bonds. The molecule has 0 fully saturated rings. The Morgan fingerprint density at radius 3 is 2.45 bits per heavy atom. The molecule has 0 saturated carbocycles. The number of rotatable bonds is 5. The van der Waals surface area contributed by atoms with Crippen molar-refractivity contribution in [1.82, 2.24) is 4.98 Å². The molecule has 0 radical (unpaired) electrons. The molecule has 1 aromatic heterocycles. The van der Waals surface area contributed by atoms with Gasteiger partial charge in [-0.3, -0.25) is 4.79 Å². The molecule has 22 heavy (non-hydrogen) atoms. The summed E-state index contributed by atoms with van der Waals surface area (Å²) in [6.07, 6.45) is 1.49. The van der Waals surface area contributed by atoms with Crippen LogP contribution in [-0.4, -0.2) is 32.2 Å². The number of methoxy groups -OCH3 is 3. The number of carbonyl (C=O) groups excluding carboxylic acids is 1. The van der Waals surface area contributed by atoms with Crippen molar-refractivity contribution < 1.29 is 19.0 Å². The average molecular weight is 303 g/mol. The molecule has 2 aromatic rings. The second-order valence-electron chi connectivity index (χ2n) is 4.34. The summed E-state index contributed by atoms with van der Waals surface area (Å²) in [6.45, 7) is 0. The number of nitrogens with two attached hydrogens (primary N) is 1. The second-order valence-corrected chi connectivity index (χ2v) is 4.34. The number of hydrogen-bond acceptors (Lipinski definition) is 6. The summed E-state index contributed by atoms with van der Waals surface area (Å²) in [7, 11) is 4.49. The first kappa shape index (κ1) is 15.4. The molecular weight excluding hydrogens is 286 g/mol. The predicted molar refractivity (Wildman–Crippen MR) is 82.7 cm³/mol. The first-order valence-electron chi connectivity index (χ1n) is 6.42. The molecule has 0 bridgehead atoms. The van der Waals surface area contributed by atoms with Gasteiger partial charge >= 0.3 is 0 Å². The zero-order valence-corrected chi connectivity index (χ0v) is 12.5. The second kappa shape index (κ2) is 6.66. The van der Waals surface area contributed by atoms with E-state index >= 15 is 0 Å². The van der Waals surface area contributed by atoms with Crippen LogP contribution in [0.4, 0.5) is 11.4 Å². The van der Waals surface area contributed by atoms with Gasteiger partial charge in [-0.25, -0.2) is 4.98 Å². The molecule has 1 heterocycles. The molecule has 7 nitrogen and oxygen atoms in total. The summed E-state index contributed by atoms with van der Waals surface area (Å²) < 4.78 is 15.3. The van der Waals surface area contributed by atoms with E-state index in [-0.39, 0.29) is 11.3 Å². The van der Waals surface area contributed by atoms with Gasteiger partial charge in [0.15, 0.2) is 0 Å². The van der Waals surface area contributed by atoms with Gasteiger partial charge in [0.25, 0.3) is 5.91 Å². The van der Waals surface area contributed by atoms with Gasteiger partial charge in [-0.1, -0.05) is 0 Å². The van der Waals surface area contributed by atoms with Crippen molar-refractivity contribution in [2.75, 3.05) is 32.4 Å². The van der Waals surface area contributed by atoms with Gasteiger partial charge in [0, 0.05) is 18.2 Å². The monoisotopic (exact) mass is 303 g/mol. The van der Waals surface area contributed by atoms with E-state index in [4.69, 9.17) is 19.9 Å². The minimum atomic E-state index is -0.399. The first-order chi connectivity index (χ1) is 10.6. The smallest absolute Gasteiger partial charge is 0.261 e. The van der Waals surface area contributed by atoms with Crippen LogP contribution in [0.5, 0.6) is 17.4 Å². The highest BCUT2D eigenvalue weighted by Crippen LogP contribution is 2.31. The van der Waals surface area contributed by atoms with Crippen LogP contribution in [-0.2, 0) is 0 Å². The number of nitrogens with zero attached hydrogens (tertiary/aromatic N) is 1. The Kier molecular flexibility index (Phi) is 4.67. The Bertz CT molecular complexity index is 671. The third-order valence-electron chi connectivity index (χ3n) is 2.99. The summed E-state index contributed by atoms with van der Waals surface area (Å²) >= 11 is 0. The molecule has 0 aliphatic rings. The number of anilines is 2. The topological polar surface area (TPSA) is 95.7 Å². The fraction of sp³-hybridized carbons (Fsp3) is 0.200. The van der Waals surface area contributed by atoms with E-state index in [9.17, 15) is 4.79 Å². The minimum Gasteiger partial charge on any atom is -0.497 e. The Balaban J connectivity index is 2.28. The number of ether oxygens (including phenoxy) is 3. The lowest BCUT2D eigenvalue weighted by molar-refractivity contribution is 0.102. The molecule has 2 rings (SSSR count). The van der Waals surface area contributed by atoms with E-state index < -0.39 is 5.91 Å². The highest BCUT2D eigenvalue weighted by Gasteiger charge is 2.18. The van der Waals surface area contributed by atoms with Gasteiger partial charge in [0.2, 0.25) is 5.88 Å². The van der Waals surface area contributed by atoms with Crippen molar-refractivity contribution in [2.45, 2.75) is 0 Å². The lowest BCUT2D eigenvalue weighted by Gasteiger charge is -2.13. The zero-order chi connectivity index (χ0) is 16.1. The molecule has 0 spiro atoms. The highest BCUT2D eigenvalue weighted by molar-refractivity contribution is 6.10. The summed E-state index contributed by atoms with van der Waals surface area (Å²) in [5.41, 5.74) is 6.93. The Morgan fingerprint density at radius 2 is 1.91 bits per heavy atom. The standard InChI is InChI=1S/C15H17N3O4/c1-20-10-6-11(16)14(12(7-10)21-2)15(19)18-9-4-5-13(22-3)17-8-9/h4-8H,16H2,1-3H3,(H,18,19). The van der Waals surface area contributed by atoms with Crippen molar-refractivity contribution in [1.29, 1.82) is 0 Å². The number of pyridine rings is 1. The van der Waals surface area contributed by atoms with E-state index in [1.807, 2.05) is 0 Å². The van der Waals surface area contributed by atoms with Gasteiger partial charge in [0.1, 0.15) is 17.1 Å². The van der Waals surface area contributed by atoms with Crippen LogP contribution < -0.4 is 25.3 Å². The normalized spacial score (nSPS) is 9.95. The molecule has 1 aromatic carbocycles. The number of aromatic nitrogens is 1. The number of amides is 1. The molecule has 7 heteroatoms. The summed E-state index contributed by atoms with van der Waals surface area (Å²) in [4.78, 5) is 16.4. The molecule has 0 unspecified atom stereocenters. The predicted octanol–water partition coefficient (Wildman–Crippen LogP) is 1.94. The van der Waals surface area contributed by atoms with E-state index in [0.29, 0.717) is 23.1 Å². The van der Waals surface area contributed by atoms with Crippen molar-refractivity contribution in [3.8, 4) is 17.4 Å². The number of benzene rings is 1. The fourth-order valence-corrected chi connectivity index (χ4v) is 1.90. The molecule has 116 valence electrons. The van der Waals surface area contributed by atoms with Crippen LogP contribution in [0.1, 0.15) is 10.4 Å². The molecular formula is C15H17N3O4. The molecule has 0 atom stereocenters. The quantitative estimate of drug-likeness (QED) is 0.820. The number of hydrogen-bond donors (Lipinski definition) is 2. The van der Waals surface area contributed by atoms with E-state index in [1.54, 1.807) is 24.3 Å². The zero-order valence-electron chi connectivity index (χ0n) is 12.5. The van der Waals surface area contributed by atoms with Crippen LogP contribution >= 0.6 is 0 Å². The van der Waals surface area contributed by atoms with Crippen molar-refractivity contribution in [3.05, 3.63) is 36.0 Å². The lowest BCUT2D eigenvalue weighted by Crippen LogP contribution is -2.15. The molecule has 0 aliphatic heterocycles. The summed E-state index contributed by atoms with van der Waals surface area (Å²) in [5, 5.41) is 2.70. The summed E-state index contributed by atoms with van der Waals surface area (Å²) in [6, 6.07) is 6.47. The van der Waals surface area contributed by atoms with Gasteiger partial charge in [0.05, 0.1) is 38.9 Å². The maximum atomic E-state index is 12.4. The van der Waals surface area contributed by atoms with E-state index in [0.717, 1.165) is 0 Å². The van der Waals surface area contributed by atoms with Gasteiger partial charge in [-0.2, -0.15) is 0 Å². The number of nitrogens with one attached hydrogen (secondary N) is 1. The van der Waals surface area contributed by atoms with Crippen molar-refractivity contribution in [2.24, 2.45) is 0 Å². The third-order valence-corrected chi connectivity index (χ3v) is 2.99. The number of nitrogen functional groups attached to an aromatic ring is 1. The van der Waals surface area contributed by atoms with Crippen LogP contribution in [0.15, 0.2) is 30.5 Å². The van der Waals surface area contributed by atoms with Crippen molar-refractivity contribution in [3.63, 3.8) is 0 Å². The van der Waals surface area contributed by atoms with Crippen LogP contribution in [0.2, 0.25) is 0 Å². The van der Waals surface area contributed by atoms with Gasteiger partial charge in [-0.15, -0.1) is 0 Å². The van der Waals surface area contributed by atoms with Crippen LogP contribution in [0.25, 0.3) is 0 Å². The third kappa shape index (κ3) is 3.20. The van der Waals surface area contributed by atoms with Gasteiger partial charge in [-0.05, 0) is 6.07 Å². The average Bonchev–Trinajstić information content (AvgIpc) is 2.54. The van der Waals surface area contributed by atoms with E-state index in [1.165, 1.54) is 27.5 Å². The van der Waals surface area contributed by atoms with Crippen LogP contribution in [0, 0.1) is 0 Å². The van der Waals surface area contributed by atoms with Crippen LogP contribution in [0.3, 0.4) is 0 Å². The summed E-state index contributed by atoms with van der Waals surface area (Å²) in [5.74, 6) is 0.899. The fourth-order valence-electron chi connectivity index (χ4n) is 1.90. The minimum absolute atomic E-state index is 0.235. The largest absolute Gasteiger partial charge is 0.497 e. The number of carbonyl (C=O) groups is 1. The highest BCUT2D eigenvalue weighted by atomic mass is 16.5.